The molecule has 0 saturated carbocycles. The molecule has 1 aromatic carbocycles. The monoisotopic (exact) mass is 290 g/mol. The molecule has 1 aliphatic rings. The smallest absolute Gasteiger partial charge is 0.232 e. The van der Waals surface area contributed by atoms with Gasteiger partial charge in [-0.1, -0.05) is 19.9 Å². The largest absolute Gasteiger partial charge is 0.492 e. The molecule has 1 saturated heterocycles. The van der Waals surface area contributed by atoms with Crippen LogP contribution in [0, 0.1) is 18.3 Å². The topological polar surface area (TPSA) is 50.4 Å². The third-order valence-electron chi connectivity index (χ3n) is 4.43. The van der Waals surface area contributed by atoms with E-state index in [1.807, 2.05) is 32.0 Å². The average molecular weight is 290 g/mol. The average Bonchev–Trinajstić information content (AvgIpc) is 2.93. The standard InChI is InChI=1S/C17H26N2O2/c1-5-21-15-10-13(4)6-7-14(15)19-16(20)17(12(2)3)8-9-18-11-17/h6-7,10,12,18H,5,8-9,11H2,1-4H3,(H,19,20). The van der Waals surface area contributed by atoms with Crippen molar-refractivity contribution in [2.24, 2.45) is 11.3 Å². The fourth-order valence-electron chi connectivity index (χ4n) is 2.91. The molecule has 21 heavy (non-hydrogen) atoms. The minimum absolute atomic E-state index is 0.0901. The molecule has 2 rings (SSSR count). The second-order valence-electron chi connectivity index (χ2n) is 6.12. The molecule has 1 atom stereocenters. The second-order valence-corrected chi connectivity index (χ2v) is 6.12. The maximum atomic E-state index is 12.8. The van der Waals surface area contributed by atoms with E-state index in [0.29, 0.717) is 12.5 Å². The van der Waals surface area contributed by atoms with Crippen LogP contribution >= 0.6 is 0 Å². The molecule has 1 aliphatic heterocycles. The molecule has 0 bridgehead atoms. The van der Waals surface area contributed by atoms with Crippen molar-refractivity contribution in [3.05, 3.63) is 23.8 Å². The van der Waals surface area contributed by atoms with E-state index >= 15 is 0 Å². The Kier molecular flexibility index (Phi) is 4.88. The Morgan fingerprint density at radius 1 is 1.48 bits per heavy atom. The maximum Gasteiger partial charge on any atom is 0.232 e. The zero-order valence-corrected chi connectivity index (χ0v) is 13.5. The second kappa shape index (κ2) is 6.48. The molecule has 4 nitrogen and oxygen atoms in total. The van der Waals surface area contributed by atoms with Gasteiger partial charge in [0.15, 0.2) is 0 Å². The zero-order valence-electron chi connectivity index (χ0n) is 13.5. The lowest BCUT2D eigenvalue weighted by molar-refractivity contribution is -0.126. The van der Waals surface area contributed by atoms with Crippen LogP contribution in [0.5, 0.6) is 5.75 Å². The predicted molar refractivity (Wildman–Crippen MR) is 85.7 cm³/mol. The lowest BCUT2D eigenvalue weighted by Crippen LogP contribution is -2.42. The van der Waals surface area contributed by atoms with Gasteiger partial charge in [-0.2, -0.15) is 0 Å². The number of hydrogen-bond donors (Lipinski definition) is 2. The number of rotatable bonds is 5. The fourth-order valence-corrected chi connectivity index (χ4v) is 2.91. The van der Waals surface area contributed by atoms with Gasteiger partial charge in [0.2, 0.25) is 5.91 Å². The van der Waals surface area contributed by atoms with E-state index in [0.717, 1.165) is 36.5 Å². The van der Waals surface area contributed by atoms with Gasteiger partial charge in [0.25, 0.3) is 0 Å². The summed E-state index contributed by atoms with van der Waals surface area (Å²) in [6, 6.07) is 5.88. The van der Waals surface area contributed by atoms with Crippen LogP contribution in [0.2, 0.25) is 0 Å². The van der Waals surface area contributed by atoms with Gasteiger partial charge >= 0.3 is 0 Å². The van der Waals surface area contributed by atoms with Gasteiger partial charge in [-0.25, -0.2) is 0 Å². The summed E-state index contributed by atoms with van der Waals surface area (Å²) >= 11 is 0. The van der Waals surface area contributed by atoms with Crippen LogP contribution in [-0.2, 0) is 4.79 Å². The van der Waals surface area contributed by atoms with Gasteiger partial charge in [0.05, 0.1) is 17.7 Å². The molecule has 0 aromatic heterocycles. The first-order chi connectivity index (χ1) is 9.99. The van der Waals surface area contributed by atoms with Crippen LogP contribution in [0.15, 0.2) is 18.2 Å². The summed E-state index contributed by atoms with van der Waals surface area (Å²) in [5.74, 6) is 1.14. The van der Waals surface area contributed by atoms with Crippen LogP contribution in [-0.4, -0.2) is 25.6 Å². The van der Waals surface area contributed by atoms with Crippen LogP contribution in [0.4, 0.5) is 5.69 Å². The van der Waals surface area contributed by atoms with Crippen molar-refractivity contribution in [1.29, 1.82) is 0 Å². The van der Waals surface area contributed by atoms with E-state index < -0.39 is 0 Å². The van der Waals surface area contributed by atoms with Gasteiger partial charge in [0.1, 0.15) is 5.75 Å². The van der Waals surface area contributed by atoms with E-state index in [1.54, 1.807) is 0 Å². The van der Waals surface area contributed by atoms with Crippen molar-refractivity contribution in [2.45, 2.75) is 34.1 Å². The highest BCUT2D eigenvalue weighted by Crippen LogP contribution is 2.36. The summed E-state index contributed by atoms with van der Waals surface area (Å²) < 4.78 is 5.64. The van der Waals surface area contributed by atoms with E-state index in [4.69, 9.17) is 4.74 Å². The number of nitrogens with one attached hydrogen (secondary N) is 2. The van der Waals surface area contributed by atoms with E-state index in [-0.39, 0.29) is 11.3 Å². The van der Waals surface area contributed by atoms with Gasteiger partial charge < -0.3 is 15.4 Å². The molecule has 1 amide bonds. The first kappa shape index (κ1) is 15.8. The molecule has 2 N–H and O–H groups in total. The molecular formula is C17H26N2O2. The lowest BCUT2D eigenvalue weighted by Gasteiger charge is -2.31. The van der Waals surface area contributed by atoms with Crippen LogP contribution in [0.1, 0.15) is 32.8 Å². The Balaban J connectivity index is 2.22. The lowest BCUT2D eigenvalue weighted by atomic mass is 9.75. The highest BCUT2D eigenvalue weighted by Gasteiger charge is 2.44. The van der Waals surface area contributed by atoms with Crippen molar-refractivity contribution >= 4 is 11.6 Å². The SMILES string of the molecule is CCOc1cc(C)ccc1NC(=O)C1(C(C)C)CCNC1. The summed E-state index contributed by atoms with van der Waals surface area (Å²) in [7, 11) is 0. The number of carbonyl (C=O) groups is 1. The third kappa shape index (κ3) is 3.21. The highest BCUT2D eigenvalue weighted by atomic mass is 16.5. The first-order valence-electron chi connectivity index (χ1n) is 7.75. The van der Waals surface area contributed by atoms with Crippen LogP contribution < -0.4 is 15.4 Å². The molecule has 1 aromatic rings. The van der Waals surface area contributed by atoms with E-state index in [1.165, 1.54) is 0 Å². The number of aryl methyl sites for hydroxylation is 1. The quantitative estimate of drug-likeness (QED) is 0.876. The van der Waals surface area contributed by atoms with Crippen LogP contribution in [0.3, 0.4) is 0 Å². The molecule has 0 radical (unpaired) electrons. The minimum atomic E-state index is -0.325. The van der Waals surface area contributed by atoms with Gasteiger partial charge in [-0.05, 0) is 50.4 Å². The Morgan fingerprint density at radius 3 is 2.81 bits per heavy atom. The third-order valence-corrected chi connectivity index (χ3v) is 4.43. The van der Waals surface area contributed by atoms with Crippen molar-refractivity contribution in [3.63, 3.8) is 0 Å². The number of hydrogen-bond acceptors (Lipinski definition) is 3. The molecule has 0 aliphatic carbocycles. The number of ether oxygens (including phenoxy) is 1. The molecule has 116 valence electrons. The Bertz CT molecular complexity index is 506. The summed E-state index contributed by atoms with van der Waals surface area (Å²) in [4.78, 5) is 12.8. The van der Waals surface area contributed by atoms with Gasteiger partial charge in [0, 0.05) is 6.54 Å². The van der Waals surface area contributed by atoms with Crippen molar-refractivity contribution in [1.82, 2.24) is 5.32 Å². The van der Waals surface area contributed by atoms with Crippen LogP contribution in [0.25, 0.3) is 0 Å². The summed E-state index contributed by atoms with van der Waals surface area (Å²) in [5, 5.41) is 6.40. The predicted octanol–water partition coefficient (Wildman–Crippen LogP) is 2.97. The molecule has 1 unspecified atom stereocenters. The maximum absolute atomic E-state index is 12.8. The molecular weight excluding hydrogens is 264 g/mol. The number of anilines is 1. The van der Waals surface area contributed by atoms with Crippen molar-refractivity contribution in [3.8, 4) is 5.75 Å². The molecule has 4 heteroatoms. The Morgan fingerprint density at radius 2 is 2.24 bits per heavy atom. The Labute approximate surface area is 127 Å². The minimum Gasteiger partial charge on any atom is -0.492 e. The number of amides is 1. The summed E-state index contributed by atoms with van der Waals surface area (Å²) in [6.07, 6.45) is 0.881. The molecule has 1 heterocycles. The number of carbonyl (C=O) groups excluding carboxylic acids is 1. The first-order valence-corrected chi connectivity index (χ1v) is 7.75. The fraction of sp³-hybridized carbons (Fsp3) is 0.588. The normalized spacial score (nSPS) is 21.6. The summed E-state index contributed by atoms with van der Waals surface area (Å²) in [6.45, 7) is 10.4. The number of benzene rings is 1. The highest BCUT2D eigenvalue weighted by molar-refractivity contribution is 5.97. The van der Waals surface area contributed by atoms with E-state index in [2.05, 4.69) is 24.5 Å². The molecule has 0 spiro atoms. The van der Waals surface area contributed by atoms with E-state index in [9.17, 15) is 4.79 Å². The van der Waals surface area contributed by atoms with Crippen molar-refractivity contribution in [2.75, 3.05) is 25.0 Å². The molecule has 1 fully saturated rings. The van der Waals surface area contributed by atoms with Gasteiger partial charge in [-0.3, -0.25) is 4.79 Å². The Hall–Kier alpha value is -1.55. The zero-order chi connectivity index (χ0) is 15.5. The van der Waals surface area contributed by atoms with Gasteiger partial charge in [-0.15, -0.1) is 0 Å². The van der Waals surface area contributed by atoms with Crippen molar-refractivity contribution < 1.29 is 9.53 Å². The summed E-state index contributed by atoms with van der Waals surface area (Å²) in [5.41, 5.74) is 1.56.